The number of hydrogen-bond acceptors (Lipinski definition) is 4. The van der Waals surface area contributed by atoms with Gasteiger partial charge in [-0.15, -0.1) is 0 Å². The van der Waals surface area contributed by atoms with E-state index in [0.717, 1.165) is 0 Å². The lowest BCUT2D eigenvalue weighted by Gasteiger charge is -1.97. The molecule has 0 saturated heterocycles. The molecular weight excluding hydrogens is 163 g/mol. The minimum atomic E-state index is -4.49. The van der Waals surface area contributed by atoms with E-state index in [0.29, 0.717) is 6.07 Å². The van der Waals surface area contributed by atoms with Gasteiger partial charge in [0.2, 0.25) is 5.88 Å². The van der Waals surface area contributed by atoms with Gasteiger partial charge in [-0.25, -0.2) is 5.84 Å². The molecule has 0 unspecified atom stereocenters. The number of anilines is 1. The number of hydrogen-bond donors (Lipinski definition) is 2. The minimum Gasteiger partial charge on any atom is -0.337 e. The maximum Gasteiger partial charge on any atom is 0.436 e. The number of halogens is 3. The molecule has 1 rings (SSSR count). The summed E-state index contributed by atoms with van der Waals surface area (Å²) in [7, 11) is 0. The molecule has 0 spiro atoms. The Bertz CT molecular complexity index is 243. The van der Waals surface area contributed by atoms with Gasteiger partial charge < -0.3 is 4.52 Å². The number of hydrazine groups is 1. The zero-order valence-electron chi connectivity index (χ0n) is 5.14. The van der Waals surface area contributed by atoms with E-state index in [9.17, 15) is 13.2 Å². The third-order valence-corrected chi connectivity index (χ3v) is 0.943. The summed E-state index contributed by atoms with van der Waals surface area (Å²) >= 11 is 0. The second-order valence-electron chi connectivity index (χ2n) is 1.72. The number of nitrogen functional groups attached to an aromatic ring is 1. The highest BCUT2D eigenvalue weighted by molar-refractivity contribution is 5.30. The van der Waals surface area contributed by atoms with E-state index in [1.54, 1.807) is 0 Å². The minimum absolute atomic E-state index is 0.225. The molecule has 0 fully saturated rings. The summed E-state index contributed by atoms with van der Waals surface area (Å²) in [6.45, 7) is 0. The molecule has 0 radical (unpaired) electrons. The van der Waals surface area contributed by atoms with Crippen LogP contribution in [0.4, 0.5) is 19.1 Å². The largest absolute Gasteiger partial charge is 0.436 e. The van der Waals surface area contributed by atoms with E-state index in [-0.39, 0.29) is 5.88 Å². The Hall–Kier alpha value is -1.24. The van der Waals surface area contributed by atoms with E-state index in [2.05, 4.69) is 9.68 Å². The molecule has 1 heterocycles. The topological polar surface area (TPSA) is 64.1 Å². The van der Waals surface area contributed by atoms with Gasteiger partial charge >= 0.3 is 6.18 Å². The molecule has 3 N–H and O–H groups in total. The normalized spacial score (nSPS) is 11.6. The molecule has 0 amide bonds. The molecule has 62 valence electrons. The van der Waals surface area contributed by atoms with Gasteiger partial charge in [0.05, 0.1) is 0 Å². The van der Waals surface area contributed by atoms with E-state index in [1.165, 1.54) is 0 Å². The molecule has 7 heteroatoms. The average Bonchev–Trinajstić information content (AvgIpc) is 2.32. The number of rotatable bonds is 1. The first-order valence-corrected chi connectivity index (χ1v) is 2.54. The van der Waals surface area contributed by atoms with Gasteiger partial charge in [-0.3, -0.25) is 5.43 Å². The summed E-state index contributed by atoms with van der Waals surface area (Å²) in [5, 5.41) is 2.72. The Morgan fingerprint density at radius 3 is 2.45 bits per heavy atom. The maximum atomic E-state index is 11.7. The molecule has 11 heavy (non-hydrogen) atoms. The second kappa shape index (κ2) is 2.42. The number of nitrogens with zero attached hydrogens (tertiary/aromatic N) is 1. The highest BCUT2D eigenvalue weighted by Crippen LogP contribution is 2.29. The van der Waals surface area contributed by atoms with Crippen molar-refractivity contribution in [1.82, 2.24) is 5.16 Å². The Morgan fingerprint density at radius 2 is 2.18 bits per heavy atom. The van der Waals surface area contributed by atoms with Crippen LogP contribution in [0.1, 0.15) is 5.69 Å². The van der Waals surface area contributed by atoms with Crippen LogP contribution >= 0.6 is 0 Å². The summed E-state index contributed by atoms with van der Waals surface area (Å²) in [4.78, 5) is 0. The monoisotopic (exact) mass is 167 g/mol. The molecule has 0 saturated carbocycles. The van der Waals surface area contributed by atoms with Gasteiger partial charge in [0, 0.05) is 6.07 Å². The molecule has 4 nitrogen and oxygen atoms in total. The fraction of sp³-hybridized carbons (Fsp3) is 0.250. The third-order valence-electron chi connectivity index (χ3n) is 0.943. The van der Waals surface area contributed by atoms with Gasteiger partial charge in [-0.05, 0) is 0 Å². The lowest BCUT2D eigenvalue weighted by molar-refractivity contribution is -0.142. The van der Waals surface area contributed by atoms with Crippen molar-refractivity contribution in [2.45, 2.75) is 6.18 Å². The Labute approximate surface area is 59.1 Å². The molecule has 1 aromatic rings. The Morgan fingerprint density at radius 1 is 1.55 bits per heavy atom. The van der Waals surface area contributed by atoms with Gasteiger partial charge in [0.25, 0.3) is 0 Å². The maximum absolute atomic E-state index is 11.7. The van der Waals surface area contributed by atoms with Gasteiger partial charge in [-0.2, -0.15) is 13.2 Å². The molecule has 0 aliphatic carbocycles. The van der Waals surface area contributed by atoms with Gasteiger partial charge in [0.1, 0.15) is 0 Å². The smallest absolute Gasteiger partial charge is 0.337 e. The van der Waals surface area contributed by atoms with Crippen molar-refractivity contribution < 1.29 is 17.7 Å². The van der Waals surface area contributed by atoms with Crippen LogP contribution in [0.25, 0.3) is 0 Å². The molecule has 0 aromatic carbocycles. The van der Waals surface area contributed by atoms with Crippen molar-refractivity contribution in [3.05, 3.63) is 11.8 Å². The van der Waals surface area contributed by atoms with E-state index < -0.39 is 11.9 Å². The summed E-state index contributed by atoms with van der Waals surface area (Å²) in [6, 6.07) is 0.667. The molecule has 1 aromatic heterocycles. The highest BCUT2D eigenvalue weighted by Gasteiger charge is 2.34. The predicted molar refractivity (Wildman–Crippen MR) is 29.3 cm³/mol. The fourth-order valence-electron chi connectivity index (χ4n) is 0.477. The van der Waals surface area contributed by atoms with Crippen molar-refractivity contribution in [2.24, 2.45) is 5.84 Å². The first-order chi connectivity index (χ1) is 5.04. The predicted octanol–water partition coefficient (Wildman–Crippen LogP) is 0.979. The summed E-state index contributed by atoms with van der Waals surface area (Å²) < 4.78 is 39.4. The standard InChI is InChI=1S/C4H4F3N3O/c5-4(6,7)2-1-3(9-8)11-10-2/h1,9H,8H2. The van der Waals surface area contributed by atoms with Crippen LogP contribution in [0.3, 0.4) is 0 Å². The molecule has 0 atom stereocenters. The van der Waals surface area contributed by atoms with Crippen LogP contribution in [-0.4, -0.2) is 5.16 Å². The van der Waals surface area contributed by atoms with Gasteiger partial charge in [-0.1, -0.05) is 5.16 Å². The lowest BCUT2D eigenvalue weighted by Crippen LogP contribution is -2.06. The Balaban J connectivity index is 2.89. The van der Waals surface area contributed by atoms with Crippen molar-refractivity contribution in [1.29, 1.82) is 0 Å². The van der Waals surface area contributed by atoms with Gasteiger partial charge in [0.15, 0.2) is 5.69 Å². The highest BCUT2D eigenvalue weighted by atomic mass is 19.4. The van der Waals surface area contributed by atoms with Crippen molar-refractivity contribution >= 4 is 5.88 Å². The zero-order chi connectivity index (χ0) is 8.48. The fourth-order valence-corrected chi connectivity index (χ4v) is 0.477. The average molecular weight is 167 g/mol. The summed E-state index contributed by atoms with van der Waals surface area (Å²) in [5.41, 5.74) is 0.784. The molecule has 0 bridgehead atoms. The van der Waals surface area contributed by atoms with E-state index in [1.807, 2.05) is 5.43 Å². The summed E-state index contributed by atoms with van der Waals surface area (Å²) in [5.74, 6) is 4.53. The second-order valence-corrected chi connectivity index (χ2v) is 1.72. The van der Waals surface area contributed by atoms with Crippen LogP contribution in [0.5, 0.6) is 0 Å². The number of alkyl halides is 3. The molecule has 0 aliphatic rings. The molecule has 0 aliphatic heterocycles. The van der Waals surface area contributed by atoms with E-state index in [4.69, 9.17) is 5.84 Å². The first kappa shape index (κ1) is 7.86. The van der Waals surface area contributed by atoms with Crippen LogP contribution in [-0.2, 0) is 6.18 Å². The van der Waals surface area contributed by atoms with Crippen molar-refractivity contribution in [3.8, 4) is 0 Å². The van der Waals surface area contributed by atoms with Crippen LogP contribution < -0.4 is 11.3 Å². The van der Waals surface area contributed by atoms with Crippen molar-refractivity contribution in [3.63, 3.8) is 0 Å². The quantitative estimate of drug-likeness (QED) is 0.483. The van der Waals surface area contributed by atoms with Crippen LogP contribution in [0, 0.1) is 0 Å². The third kappa shape index (κ3) is 1.61. The van der Waals surface area contributed by atoms with Crippen LogP contribution in [0.15, 0.2) is 10.6 Å². The number of nitrogens with one attached hydrogen (secondary N) is 1. The lowest BCUT2D eigenvalue weighted by atomic mass is 10.4. The SMILES string of the molecule is NNc1cc(C(F)(F)F)no1. The summed E-state index contributed by atoms with van der Waals surface area (Å²) in [6.07, 6.45) is -4.49. The van der Waals surface area contributed by atoms with Crippen LogP contribution in [0.2, 0.25) is 0 Å². The number of nitrogens with two attached hydrogens (primary N) is 1. The Kier molecular flexibility index (Phi) is 1.73. The first-order valence-electron chi connectivity index (χ1n) is 2.54. The molecular formula is C4H4F3N3O. The van der Waals surface area contributed by atoms with E-state index >= 15 is 0 Å². The number of aromatic nitrogens is 1. The van der Waals surface area contributed by atoms with Crippen molar-refractivity contribution in [2.75, 3.05) is 5.43 Å². The zero-order valence-corrected chi connectivity index (χ0v) is 5.14.